The van der Waals surface area contributed by atoms with E-state index in [4.69, 9.17) is 0 Å². The number of anilines is 2. The van der Waals surface area contributed by atoms with Gasteiger partial charge in [-0.3, -0.25) is 4.79 Å². The zero-order valence-electron chi connectivity index (χ0n) is 10.8. The molecule has 0 spiro atoms. The van der Waals surface area contributed by atoms with Crippen LogP contribution in [0.25, 0.3) is 0 Å². The summed E-state index contributed by atoms with van der Waals surface area (Å²) in [5.41, 5.74) is 3.79. The molecule has 0 aromatic heterocycles. The molecular weight excluding hydrogens is 238 g/mol. The maximum Gasteiger partial charge on any atom is 0.163 e. The van der Waals surface area contributed by atoms with Crippen molar-refractivity contribution in [2.24, 2.45) is 0 Å². The molecule has 0 amide bonds. The highest BCUT2D eigenvalue weighted by Crippen LogP contribution is 2.36. The fourth-order valence-electron chi connectivity index (χ4n) is 2.59. The molecule has 0 saturated heterocycles. The van der Waals surface area contributed by atoms with E-state index in [-0.39, 0.29) is 11.5 Å². The van der Waals surface area contributed by atoms with Gasteiger partial charge in [0.2, 0.25) is 0 Å². The van der Waals surface area contributed by atoms with Crippen molar-refractivity contribution < 1.29 is 9.90 Å². The van der Waals surface area contributed by atoms with Gasteiger partial charge in [-0.15, -0.1) is 0 Å². The zero-order chi connectivity index (χ0) is 13.4. The number of phenols is 1. The summed E-state index contributed by atoms with van der Waals surface area (Å²) in [5.74, 6) is -0.0692. The predicted octanol–water partition coefficient (Wildman–Crippen LogP) is 3.29. The molecule has 19 heavy (non-hydrogen) atoms. The predicted molar refractivity (Wildman–Crippen MR) is 75.3 cm³/mol. The topological polar surface area (TPSA) is 40.5 Å². The Kier molecular flexibility index (Phi) is 2.75. The third kappa shape index (κ3) is 1.97. The number of ketones is 1. The van der Waals surface area contributed by atoms with Crippen molar-refractivity contribution in [3.8, 4) is 5.75 Å². The second-order valence-electron chi connectivity index (χ2n) is 4.79. The monoisotopic (exact) mass is 253 g/mol. The molecule has 3 rings (SSSR count). The van der Waals surface area contributed by atoms with Gasteiger partial charge >= 0.3 is 0 Å². The van der Waals surface area contributed by atoms with Crippen LogP contribution in [0.2, 0.25) is 0 Å². The summed E-state index contributed by atoms with van der Waals surface area (Å²) in [5, 5.41) is 9.92. The summed E-state index contributed by atoms with van der Waals surface area (Å²) in [7, 11) is 0. The number of Topliss-reactive ketones (excluding diaryl/α,β-unsaturated/α-hetero) is 1. The van der Waals surface area contributed by atoms with Crippen LogP contribution in [0, 0.1) is 0 Å². The van der Waals surface area contributed by atoms with Crippen LogP contribution in [-0.4, -0.2) is 17.4 Å². The van der Waals surface area contributed by atoms with Gasteiger partial charge in [-0.2, -0.15) is 0 Å². The van der Waals surface area contributed by atoms with Gasteiger partial charge in [0.05, 0.1) is 5.56 Å². The van der Waals surface area contributed by atoms with Crippen LogP contribution in [0.15, 0.2) is 42.5 Å². The van der Waals surface area contributed by atoms with Crippen LogP contribution in [0.4, 0.5) is 11.4 Å². The third-order valence-electron chi connectivity index (χ3n) is 3.56. The summed E-state index contributed by atoms with van der Waals surface area (Å²) in [6.07, 6.45) is 1.01. The first-order chi connectivity index (χ1) is 9.16. The van der Waals surface area contributed by atoms with Crippen LogP contribution in [0.5, 0.6) is 5.75 Å². The normalized spacial score (nSPS) is 13.4. The van der Waals surface area contributed by atoms with Gasteiger partial charge in [0.25, 0.3) is 0 Å². The highest BCUT2D eigenvalue weighted by molar-refractivity contribution is 5.97. The number of hydrogen-bond acceptors (Lipinski definition) is 3. The Bertz CT molecular complexity index is 649. The van der Waals surface area contributed by atoms with Gasteiger partial charge < -0.3 is 10.0 Å². The van der Waals surface area contributed by atoms with Crippen LogP contribution in [0.1, 0.15) is 22.8 Å². The number of nitrogens with zero attached hydrogens (tertiary/aromatic N) is 1. The lowest BCUT2D eigenvalue weighted by atomic mass is 10.1. The minimum atomic E-state index is -0.120. The minimum absolute atomic E-state index is 0.0504. The van der Waals surface area contributed by atoms with Crippen LogP contribution < -0.4 is 4.90 Å². The SMILES string of the molecule is CC(=O)c1ccc(N2CCc3ccccc32)cc1O. The Morgan fingerprint density at radius 2 is 2.00 bits per heavy atom. The van der Waals surface area contributed by atoms with Crippen molar-refractivity contribution in [1.29, 1.82) is 0 Å². The highest BCUT2D eigenvalue weighted by Gasteiger charge is 2.20. The summed E-state index contributed by atoms with van der Waals surface area (Å²) < 4.78 is 0. The fraction of sp³-hybridized carbons (Fsp3) is 0.188. The quantitative estimate of drug-likeness (QED) is 0.835. The molecule has 1 aliphatic rings. The van der Waals surface area contributed by atoms with E-state index in [2.05, 4.69) is 17.0 Å². The molecule has 1 N–H and O–H groups in total. The highest BCUT2D eigenvalue weighted by atomic mass is 16.3. The van der Waals surface area contributed by atoms with Crippen molar-refractivity contribution in [2.75, 3.05) is 11.4 Å². The number of rotatable bonds is 2. The smallest absolute Gasteiger partial charge is 0.163 e. The molecule has 0 fully saturated rings. The van der Waals surface area contributed by atoms with Crippen molar-refractivity contribution in [3.05, 3.63) is 53.6 Å². The first-order valence-corrected chi connectivity index (χ1v) is 6.36. The Morgan fingerprint density at radius 1 is 1.21 bits per heavy atom. The molecule has 3 heteroatoms. The Balaban J connectivity index is 2.01. The van der Waals surface area contributed by atoms with Gasteiger partial charge in [0.1, 0.15) is 5.75 Å². The Morgan fingerprint density at radius 3 is 2.74 bits per heavy atom. The van der Waals surface area contributed by atoms with E-state index in [1.165, 1.54) is 18.2 Å². The number of carbonyl (C=O) groups is 1. The van der Waals surface area contributed by atoms with E-state index in [0.29, 0.717) is 5.56 Å². The van der Waals surface area contributed by atoms with Gasteiger partial charge in [-0.05, 0) is 37.1 Å². The van der Waals surface area contributed by atoms with Crippen LogP contribution in [-0.2, 0) is 6.42 Å². The molecule has 3 nitrogen and oxygen atoms in total. The Labute approximate surface area is 112 Å². The molecule has 0 radical (unpaired) electrons. The van der Waals surface area contributed by atoms with Crippen molar-refractivity contribution >= 4 is 17.2 Å². The van der Waals surface area contributed by atoms with Gasteiger partial charge in [0.15, 0.2) is 5.78 Å². The van der Waals surface area contributed by atoms with Crippen LogP contribution in [0.3, 0.4) is 0 Å². The molecule has 96 valence electrons. The molecule has 1 heterocycles. The maximum absolute atomic E-state index is 11.3. The number of phenolic OH excluding ortho intramolecular Hbond substituents is 1. The molecule has 2 aromatic rings. The number of para-hydroxylation sites is 1. The van der Waals surface area contributed by atoms with Gasteiger partial charge in [-0.1, -0.05) is 18.2 Å². The van der Waals surface area contributed by atoms with E-state index in [1.807, 2.05) is 18.2 Å². The first-order valence-electron chi connectivity index (χ1n) is 6.36. The molecule has 0 saturated carbocycles. The first kappa shape index (κ1) is 11.8. The third-order valence-corrected chi connectivity index (χ3v) is 3.56. The van der Waals surface area contributed by atoms with Gasteiger partial charge in [0, 0.05) is 24.0 Å². The second kappa shape index (κ2) is 4.43. The van der Waals surface area contributed by atoms with E-state index in [0.717, 1.165) is 18.7 Å². The number of hydrogen-bond donors (Lipinski definition) is 1. The van der Waals surface area contributed by atoms with Crippen molar-refractivity contribution in [3.63, 3.8) is 0 Å². The summed E-state index contributed by atoms with van der Waals surface area (Å²) in [6, 6.07) is 13.5. The summed E-state index contributed by atoms with van der Waals surface area (Å²) in [6.45, 7) is 2.36. The average molecular weight is 253 g/mol. The lowest BCUT2D eigenvalue weighted by Crippen LogP contribution is -2.13. The second-order valence-corrected chi connectivity index (χ2v) is 4.79. The fourth-order valence-corrected chi connectivity index (χ4v) is 2.59. The number of fused-ring (bicyclic) bond motifs is 1. The van der Waals surface area contributed by atoms with Gasteiger partial charge in [-0.25, -0.2) is 0 Å². The van der Waals surface area contributed by atoms with E-state index >= 15 is 0 Å². The van der Waals surface area contributed by atoms with Crippen molar-refractivity contribution in [2.45, 2.75) is 13.3 Å². The Hall–Kier alpha value is -2.29. The molecule has 1 aliphatic heterocycles. The molecule has 2 aromatic carbocycles. The number of benzene rings is 2. The zero-order valence-corrected chi connectivity index (χ0v) is 10.8. The molecule has 0 atom stereocenters. The van der Waals surface area contributed by atoms with E-state index in [1.54, 1.807) is 12.1 Å². The standard InChI is InChI=1S/C16H15NO2/c1-11(18)14-7-6-13(10-16(14)19)17-9-8-12-4-2-3-5-15(12)17/h2-7,10,19H,8-9H2,1H3. The number of aromatic hydroxyl groups is 1. The molecule has 0 unspecified atom stereocenters. The van der Waals surface area contributed by atoms with E-state index in [9.17, 15) is 9.90 Å². The van der Waals surface area contributed by atoms with Crippen molar-refractivity contribution in [1.82, 2.24) is 0 Å². The lowest BCUT2D eigenvalue weighted by molar-refractivity contribution is 0.101. The molecular formula is C16H15NO2. The molecule has 0 bridgehead atoms. The average Bonchev–Trinajstić information content (AvgIpc) is 2.82. The maximum atomic E-state index is 11.3. The number of carbonyl (C=O) groups excluding carboxylic acids is 1. The summed E-state index contributed by atoms with van der Waals surface area (Å²) >= 11 is 0. The van der Waals surface area contributed by atoms with E-state index < -0.39 is 0 Å². The molecule has 0 aliphatic carbocycles. The lowest BCUT2D eigenvalue weighted by Gasteiger charge is -2.20. The summed E-state index contributed by atoms with van der Waals surface area (Å²) in [4.78, 5) is 13.5. The van der Waals surface area contributed by atoms with Crippen LogP contribution >= 0.6 is 0 Å². The minimum Gasteiger partial charge on any atom is -0.507 e. The largest absolute Gasteiger partial charge is 0.507 e.